The summed E-state index contributed by atoms with van der Waals surface area (Å²) in [5.41, 5.74) is 3.77. The molecule has 0 radical (unpaired) electrons. The Kier molecular flexibility index (Phi) is 4.66. The minimum Gasteiger partial charge on any atom is -0.496 e. The first-order valence-corrected chi connectivity index (χ1v) is 6.86. The molecule has 0 bridgehead atoms. The fourth-order valence-electron chi connectivity index (χ4n) is 2.71. The van der Waals surface area contributed by atoms with Crippen LogP contribution in [-0.4, -0.2) is 39.3 Å². The largest absolute Gasteiger partial charge is 0.496 e. The summed E-state index contributed by atoms with van der Waals surface area (Å²) in [4.78, 5) is 2.31. The number of ether oxygens (including phenoxy) is 2. The highest BCUT2D eigenvalue weighted by atomic mass is 16.5. The number of likely N-dealkylation sites (N-methyl/N-ethyl adjacent to an activating group) is 1. The lowest BCUT2D eigenvalue weighted by Crippen LogP contribution is -2.28. The molecule has 0 amide bonds. The summed E-state index contributed by atoms with van der Waals surface area (Å²) in [5, 5.41) is 3.36. The molecule has 0 atom stereocenters. The number of benzene rings is 1. The monoisotopic (exact) mass is 264 g/mol. The lowest BCUT2D eigenvalue weighted by molar-refractivity contribution is 0.294. The zero-order valence-electron chi connectivity index (χ0n) is 12.4. The Labute approximate surface area is 115 Å². The summed E-state index contributed by atoms with van der Waals surface area (Å²) in [7, 11) is 5.64. The SMILES string of the molecule is CCNCc1cc(OC)c2c(c1OC)CCN(C)C2. The standard InChI is InChI=1S/C15H24N2O2/c1-5-16-9-11-8-14(18-3)13-10-17(2)7-6-12(13)15(11)19-4/h8,16H,5-7,9-10H2,1-4H3. The van der Waals surface area contributed by atoms with E-state index in [0.717, 1.165) is 44.1 Å². The molecule has 0 saturated heterocycles. The van der Waals surface area contributed by atoms with Gasteiger partial charge in [0, 0.05) is 36.3 Å². The van der Waals surface area contributed by atoms with Crippen molar-refractivity contribution in [2.24, 2.45) is 0 Å². The molecule has 0 aromatic heterocycles. The summed E-state index contributed by atoms with van der Waals surface area (Å²) in [5.74, 6) is 2.01. The first-order valence-electron chi connectivity index (χ1n) is 6.86. The number of nitrogens with zero attached hydrogens (tertiary/aromatic N) is 1. The fraction of sp³-hybridized carbons (Fsp3) is 0.600. The van der Waals surface area contributed by atoms with Crippen molar-refractivity contribution in [2.75, 3.05) is 34.4 Å². The quantitative estimate of drug-likeness (QED) is 0.879. The number of methoxy groups -OCH3 is 2. The van der Waals surface area contributed by atoms with Gasteiger partial charge in [0.1, 0.15) is 11.5 Å². The van der Waals surface area contributed by atoms with Crippen LogP contribution in [0.15, 0.2) is 6.07 Å². The van der Waals surface area contributed by atoms with Crippen LogP contribution in [0, 0.1) is 0 Å². The molecule has 1 N–H and O–H groups in total. The second-order valence-corrected chi connectivity index (χ2v) is 5.00. The lowest BCUT2D eigenvalue weighted by Gasteiger charge is -2.29. The lowest BCUT2D eigenvalue weighted by atomic mass is 9.94. The normalized spacial score (nSPS) is 15.2. The molecular weight excluding hydrogens is 240 g/mol. The van der Waals surface area contributed by atoms with E-state index in [1.807, 2.05) is 0 Å². The van der Waals surface area contributed by atoms with Crippen LogP contribution in [0.2, 0.25) is 0 Å². The molecule has 1 aromatic rings. The smallest absolute Gasteiger partial charge is 0.127 e. The Morgan fingerprint density at radius 2 is 2.05 bits per heavy atom. The molecule has 1 aliphatic rings. The van der Waals surface area contributed by atoms with Crippen LogP contribution in [0.4, 0.5) is 0 Å². The second-order valence-electron chi connectivity index (χ2n) is 5.00. The van der Waals surface area contributed by atoms with Crippen molar-refractivity contribution >= 4 is 0 Å². The van der Waals surface area contributed by atoms with E-state index in [4.69, 9.17) is 9.47 Å². The van der Waals surface area contributed by atoms with Crippen LogP contribution in [0.25, 0.3) is 0 Å². The van der Waals surface area contributed by atoms with Gasteiger partial charge in [0.05, 0.1) is 14.2 Å². The fourth-order valence-corrected chi connectivity index (χ4v) is 2.71. The maximum Gasteiger partial charge on any atom is 0.127 e. The van der Waals surface area contributed by atoms with E-state index in [0.29, 0.717) is 0 Å². The third-order valence-corrected chi connectivity index (χ3v) is 3.69. The summed E-state index contributed by atoms with van der Waals surface area (Å²) < 4.78 is 11.2. The Morgan fingerprint density at radius 1 is 1.26 bits per heavy atom. The van der Waals surface area contributed by atoms with Gasteiger partial charge in [0.25, 0.3) is 0 Å². The Morgan fingerprint density at radius 3 is 2.68 bits per heavy atom. The first-order chi connectivity index (χ1) is 9.21. The third-order valence-electron chi connectivity index (χ3n) is 3.69. The summed E-state index contributed by atoms with van der Waals surface area (Å²) in [6.07, 6.45) is 1.02. The summed E-state index contributed by atoms with van der Waals surface area (Å²) in [6, 6.07) is 2.11. The van der Waals surface area contributed by atoms with Crippen molar-refractivity contribution in [3.8, 4) is 11.5 Å². The van der Waals surface area contributed by atoms with E-state index in [2.05, 4.69) is 30.3 Å². The van der Waals surface area contributed by atoms with Crippen LogP contribution in [0.1, 0.15) is 23.6 Å². The number of nitrogens with one attached hydrogen (secondary N) is 1. The van der Waals surface area contributed by atoms with Crippen LogP contribution < -0.4 is 14.8 Å². The van der Waals surface area contributed by atoms with Crippen LogP contribution in [0.3, 0.4) is 0 Å². The van der Waals surface area contributed by atoms with E-state index in [1.165, 1.54) is 16.7 Å². The van der Waals surface area contributed by atoms with Gasteiger partial charge >= 0.3 is 0 Å². The molecule has 4 heteroatoms. The van der Waals surface area contributed by atoms with E-state index in [9.17, 15) is 0 Å². The highest BCUT2D eigenvalue weighted by molar-refractivity contribution is 5.54. The highest BCUT2D eigenvalue weighted by Crippen LogP contribution is 2.37. The molecule has 0 unspecified atom stereocenters. The Hall–Kier alpha value is -1.26. The van der Waals surface area contributed by atoms with Gasteiger partial charge in [-0.15, -0.1) is 0 Å². The predicted molar refractivity (Wildman–Crippen MR) is 77.0 cm³/mol. The Bertz CT molecular complexity index is 446. The van der Waals surface area contributed by atoms with Crippen LogP contribution in [-0.2, 0) is 19.5 Å². The van der Waals surface area contributed by atoms with Crippen LogP contribution >= 0.6 is 0 Å². The molecule has 0 spiro atoms. The molecule has 106 valence electrons. The van der Waals surface area contributed by atoms with Gasteiger partial charge < -0.3 is 19.7 Å². The van der Waals surface area contributed by atoms with Crippen molar-refractivity contribution in [3.05, 3.63) is 22.8 Å². The molecule has 1 aliphatic heterocycles. The number of fused-ring (bicyclic) bond motifs is 1. The van der Waals surface area contributed by atoms with Gasteiger partial charge in [0.2, 0.25) is 0 Å². The van der Waals surface area contributed by atoms with Crippen LogP contribution in [0.5, 0.6) is 11.5 Å². The summed E-state index contributed by atoms with van der Waals surface area (Å²) in [6.45, 7) is 5.87. The maximum absolute atomic E-state index is 5.66. The van der Waals surface area contributed by atoms with E-state index in [1.54, 1.807) is 14.2 Å². The van der Waals surface area contributed by atoms with Gasteiger partial charge in [-0.25, -0.2) is 0 Å². The molecule has 4 nitrogen and oxygen atoms in total. The van der Waals surface area contributed by atoms with Gasteiger partial charge in [-0.1, -0.05) is 6.92 Å². The average molecular weight is 264 g/mol. The van der Waals surface area contributed by atoms with Gasteiger partial charge in [-0.05, 0) is 26.1 Å². The van der Waals surface area contributed by atoms with E-state index < -0.39 is 0 Å². The molecule has 0 fully saturated rings. The van der Waals surface area contributed by atoms with Gasteiger partial charge in [0.15, 0.2) is 0 Å². The van der Waals surface area contributed by atoms with Crippen molar-refractivity contribution in [1.82, 2.24) is 10.2 Å². The predicted octanol–water partition coefficient (Wildman–Crippen LogP) is 1.80. The topological polar surface area (TPSA) is 33.7 Å². The second kappa shape index (κ2) is 6.26. The van der Waals surface area contributed by atoms with Crippen molar-refractivity contribution in [2.45, 2.75) is 26.4 Å². The van der Waals surface area contributed by atoms with Gasteiger partial charge in [-0.2, -0.15) is 0 Å². The highest BCUT2D eigenvalue weighted by Gasteiger charge is 2.23. The molecule has 19 heavy (non-hydrogen) atoms. The van der Waals surface area contributed by atoms with Crippen molar-refractivity contribution < 1.29 is 9.47 Å². The molecule has 1 heterocycles. The first kappa shape index (κ1) is 14.2. The van der Waals surface area contributed by atoms with Crippen molar-refractivity contribution in [1.29, 1.82) is 0 Å². The minimum absolute atomic E-state index is 0.819. The van der Waals surface area contributed by atoms with E-state index in [-0.39, 0.29) is 0 Å². The molecule has 0 saturated carbocycles. The molecular formula is C15H24N2O2. The molecule has 2 rings (SSSR count). The van der Waals surface area contributed by atoms with E-state index >= 15 is 0 Å². The third kappa shape index (κ3) is 2.85. The maximum atomic E-state index is 5.66. The van der Waals surface area contributed by atoms with Crippen molar-refractivity contribution in [3.63, 3.8) is 0 Å². The molecule has 1 aromatic carbocycles. The minimum atomic E-state index is 0.819. The zero-order valence-corrected chi connectivity index (χ0v) is 12.4. The summed E-state index contributed by atoms with van der Waals surface area (Å²) >= 11 is 0. The molecule has 0 aliphatic carbocycles. The average Bonchev–Trinajstić information content (AvgIpc) is 2.43. The number of rotatable bonds is 5. The number of hydrogen-bond acceptors (Lipinski definition) is 4. The zero-order chi connectivity index (χ0) is 13.8. The number of hydrogen-bond donors (Lipinski definition) is 1. The van der Waals surface area contributed by atoms with Gasteiger partial charge in [-0.3, -0.25) is 0 Å². The Balaban J connectivity index is 2.46.